The fraction of sp³-hybridized carbons (Fsp3) is 0.385. The van der Waals surface area contributed by atoms with E-state index in [4.69, 9.17) is 11.6 Å². The zero-order valence-electron chi connectivity index (χ0n) is 19.8. The van der Waals surface area contributed by atoms with E-state index >= 15 is 0 Å². The number of imide groups is 2. The maximum absolute atomic E-state index is 14.2. The monoisotopic (exact) mass is 557 g/mol. The van der Waals surface area contributed by atoms with Crippen molar-refractivity contribution in [1.29, 1.82) is 0 Å². The van der Waals surface area contributed by atoms with Crippen molar-refractivity contribution >= 4 is 57.0 Å². The van der Waals surface area contributed by atoms with E-state index in [1.807, 2.05) is 24.3 Å². The zero-order chi connectivity index (χ0) is 25.4. The first-order chi connectivity index (χ1) is 16.4. The van der Waals surface area contributed by atoms with Gasteiger partial charge in [0.15, 0.2) is 0 Å². The highest BCUT2D eigenvalue weighted by atomic mass is 79.9. The van der Waals surface area contributed by atoms with Crippen LogP contribution in [0.4, 0.5) is 10.5 Å². The Labute approximate surface area is 217 Å². The standard InChI is InChI=1S/C26H25BrClN3O4/c1-5-26-19-18(21(32)31(22(19)33)25(2,3)4)20(14-9-11-15(27)12-10-14)30(26)24(35)29(23(26)34)17-8-6-7-16(28)13-17/h6-13,18-20H,5H2,1-4H3/t18?,19?,20?,26-/m1/s1. The van der Waals surface area contributed by atoms with Crippen LogP contribution in [0.25, 0.3) is 0 Å². The molecule has 3 saturated heterocycles. The summed E-state index contributed by atoms with van der Waals surface area (Å²) in [5, 5.41) is 0.383. The number of carbonyl (C=O) groups is 4. The van der Waals surface area contributed by atoms with Crippen LogP contribution >= 0.6 is 27.5 Å². The van der Waals surface area contributed by atoms with Crippen molar-refractivity contribution in [1.82, 2.24) is 9.80 Å². The van der Waals surface area contributed by atoms with Crippen molar-refractivity contribution < 1.29 is 19.2 Å². The van der Waals surface area contributed by atoms with E-state index in [-0.39, 0.29) is 12.3 Å². The summed E-state index contributed by atoms with van der Waals surface area (Å²) < 4.78 is 0.840. The van der Waals surface area contributed by atoms with Crippen LogP contribution in [0, 0.1) is 11.8 Å². The number of fused-ring (bicyclic) bond motifs is 3. The molecule has 3 aliphatic heterocycles. The van der Waals surface area contributed by atoms with Gasteiger partial charge in [0.05, 0.1) is 23.6 Å². The number of nitrogens with zero attached hydrogens (tertiary/aromatic N) is 3. The maximum atomic E-state index is 14.2. The first-order valence-corrected chi connectivity index (χ1v) is 12.7. The van der Waals surface area contributed by atoms with E-state index in [0.717, 1.165) is 9.37 Å². The van der Waals surface area contributed by atoms with Gasteiger partial charge in [-0.1, -0.05) is 52.7 Å². The predicted octanol–water partition coefficient (Wildman–Crippen LogP) is 5.17. The van der Waals surface area contributed by atoms with E-state index in [0.29, 0.717) is 16.3 Å². The number of benzene rings is 2. The summed E-state index contributed by atoms with van der Waals surface area (Å²) >= 11 is 9.61. The lowest BCUT2D eigenvalue weighted by atomic mass is 9.77. The second-order valence-corrected chi connectivity index (χ2v) is 11.6. The fourth-order valence-corrected chi connectivity index (χ4v) is 6.49. The highest BCUT2D eigenvalue weighted by Gasteiger charge is 2.77. The van der Waals surface area contributed by atoms with Gasteiger partial charge in [-0.3, -0.25) is 19.3 Å². The van der Waals surface area contributed by atoms with Crippen molar-refractivity contribution in [2.24, 2.45) is 11.8 Å². The maximum Gasteiger partial charge on any atom is 0.332 e. The molecule has 0 N–H and O–H groups in total. The molecule has 3 fully saturated rings. The van der Waals surface area contributed by atoms with Crippen molar-refractivity contribution in [3.05, 3.63) is 63.6 Å². The van der Waals surface area contributed by atoms with E-state index < -0.39 is 46.8 Å². The molecule has 3 unspecified atom stereocenters. The average Bonchev–Trinajstić information content (AvgIpc) is 3.32. The average molecular weight is 559 g/mol. The van der Waals surface area contributed by atoms with Gasteiger partial charge in [0.1, 0.15) is 5.54 Å². The van der Waals surface area contributed by atoms with Crippen molar-refractivity contribution in [2.45, 2.75) is 51.2 Å². The van der Waals surface area contributed by atoms with E-state index in [1.54, 1.807) is 52.0 Å². The molecule has 3 aliphatic rings. The number of rotatable bonds is 3. The molecule has 2 aromatic carbocycles. The Morgan fingerprint density at radius 1 is 1.00 bits per heavy atom. The summed E-state index contributed by atoms with van der Waals surface area (Å²) in [5.74, 6) is -3.09. The van der Waals surface area contributed by atoms with Crippen LogP contribution < -0.4 is 4.90 Å². The van der Waals surface area contributed by atoms with Gasteiger partial charge in [-0.2, -0.15) is 0 Å². The van der Waals surface area contributed by atoms with Gasteiger partial charge in [-0.15, -0.1) is 0 Å². The second kappa shape index (κ2) is 7.90. The topological polar surface area (TPSA) is 78.0 Å². The second-order valence-electron chi connectivity index (χ2n) is 10.2. The summed E-state index contributed by atoms with van der Waals surface area (Å²) in [5.41, 5.74) is -1.20. The molecule has 5 rings (SSSR count). The molecule has 4 atom stereocenters. The normalized spacial score (nSPS) is 28.3. The minimum absolute atomic E-state index is 0.194. The number of amides is 5. The van der Waals surface area contributed by atoms with Gasteiger partial charge in [0.2, 0.25) is 11.8 Å². The van der Waals surface area contributed by atoms with Crippen molar-refractivity contribution in [3.63, 3.8) is 0 Å². The first-order valence-electron chi connectivity index (χ1n) is 11.5. The van der Waals surface area contributed by atoms with Crippen LogP contribution in [-0.4, -0.2) is 44.6 Å². The third kappa shape index (κ3) is 3.15. The largest absolute Gasteiger partial charge is 0.332 e. The Kier molecular flexibility index (Phi) is 5.42. The molecular formula is C26H25BrClN3O4. The Balaban J connectivity index is 1.75. The Morgan fingerprint density at radius 2 is 1.66 bits per heavy atom. The molecule has 0 saturated carbocycles. The number of likely N-dealkylation sites (tertiary alicyclic amines) is 1. The van der Waals surface area contributed by atoms with E-state index in [1.165, 1.54) is 9.80 Å². The van der Waals surface area contributed by atoms with Crippen LogP contribution in [-0.2, 0) is 14.4 Å². The minimum atomic E-state index is -1.48. The summed E-state index contributed by atoms with van der Waals surface area (Å²) in [7, 11) is 0. The van der Waals surface area contributed by atoms with Gasteiger partial charge in [-0.05, 0) is 63.1 Å². The van der Waals surface area contributed by atoms with Crippen LogP contribution in [0.15, 0.2) is 53.0 Å². The predicted molar refractivity (Wildman–Crippen MR) is 135 cm³/mol. The van der Waals surface area contributed by atoms with Gasteiger partial charge in [-0.25, -0.2) is 9.69 Å². The number of halogens is 2. The summed E-state index contributed by atoms with van der Waals surface area (Å²) in [4.78, 5) is 59.7. The third-order valence-corrected chi connectivity index (χ3v) is 8.14. The highest BCUT2D eigenvalue weighted by Crippen LogP contribution is 2.60. The highest BCUT2D eigenvalue weighted by molar-refractivity contribution is 9.10. The van der Waals surface area contributed by atoms with Crippen LogP contribution in [0.3, 0.4) is 0 Å². The van der Waals surface area contributed by atoms with Gasteiger partial charge in [0.25, 0.3) is 5.91 Å². The molecule has 3 heterocycles. The molecule has 182 valence electrons. The number of urea groups is 1. The Hall–Kier alpha value is -2.71. The molecule has 0 bridgehead atoms. The van der Waals surface area contributed by atoms with Crippen molar-refractivity contribution in [3.8, 4) is 0 Å². The van der Waals surface area contributed by atoms with Crippen molar-refractivity contribution in [2.75, 3.05) is 4.90 Å². The lowest BCUT2D eigenvalue weighted by Crippen LogP contribution is -2.55. The number of hydrogen-bond acceptors (Lipinski definition) is 4. The minimum Gasteiger partial charge on any atom is -0.300 e. The first kappa shape index (κ1) is 24.0. The molecule has 35 heavy (non-hydrogen) atoms. The van der Waals surface area contributed by atoms with Gasteiger partial charge >= 0.3 is 6.03 Å². The summed E-state index contributed by atoms with van der Waals surface area (Å²) in [6.07, 6.45) is 0.194. The molecule has 5 amide bonds. The molecule has 0 aliphatic carbocycles. The molecule has 2 aromatic rings. The smallest absolute Gasteiger partial charge is 0.300 e. The number of carbonyl (C=O) groups excluding carboxylic acids is 4. The van der Waals surface area contributed by atoms with Crippen LogP contribution in [0.5, 0.6) is 0 Å². The van der Waals surface area contributed by atoms with E-state index in [2.05, 4.69) is 15.9 Å². The van der Waals surface area contributed by atoms with E-state index in [9.17, 15) is 19.2 Å². The zero-order valence-corrected chi connectivity index (χ0v) is 22.1. The Morgan fingerprint density at radius 3 is 2.23 bits per heavy atom. The molecule has 0 radical (unpaired) electrons. The van der Waals surface area contributed by atoms with Crippen LogP contribution in [0.1, 0.15) is 45.7 Å². The lowest BCUT2D eigenvalue weighted by Gasteiger charge is -2.37. The molecule has 7 nitrogen and oxygen atoms in total. The molecule has 0 aromatic heterocycles. The number of hydrogen-bond donors (Lipinski definition) is 0. The van der Waals surface area contributed by atoms with Gasteiger partial charge < -0.3 is 4.90 Å². The summed E-state index contributed by atoms with van der Waals surface area (Å²) in [6, 6.07) is 12.5. The SMILES string of the molecule is CC[C@@]12C(=O)N(c3cccc(Cl)c3)C(=O)N1C(c1ccc(Br)cc1)C1C(=O)N(C(C)(C)C)C(=O)C12. The quantitative estimate of drug-likeness (QED) is 0.384. The molecule has 0 spiro atoms. The fourth-order valence-electron chi connectivity index (χ4n) is 6.05. The lowest BCUT2D eigenvalue weighted by molar-refractivity contribution is -0.149. The summed E-state index contributed by atoms with van der Waals surface area (Å²) in [6.45, 7) is 7.19. The number of anilines is 1. The third-order valence-electron chi connectivity index (χ3n) is 7.37. The van der Waals surface area contributed by atoms with Crippen LogP contribution in [0.2, 0.25) is 5.02 Å². The molecular weight excluding hydrogens is 534 g/mol. The molecule has 9 heteroatoms. The Bertz CT molecular complexity index is 1270. The van der Waals surface area contributed by atoms with Gasteiger partial charge in [0, 0.05) is 15.0 Å².